The first-order chi connectivity index (χ1) is 13.2. The van der Waals surface area contributed by atoms with Crippen LogP contribution in [0.15, 0.2) is 66.0 Å². The van der Waals surface area contributed by atoms with E-state index in [2.05, 4.69) is 46.4 Å². The van der Waals surface area contributed by atoms with E-state index in [1.807, 2.05) is 60.5 Å². The summed E-state index contributed by atoms with van der Waals surface area (Å²) >= 11 is 0. The Balaban J connectivity index is 0.00000280. The standard InChI is InChI=1S/C21H26N6.HI/c1-4-22-21(24-14-20-17(2)9-8-12-23-20)26(3)15-18-13-25-27(16-18)19-10-6-5-7-11-19;/h5-13,16H,4,14-15H2,1-3H3,(H,22,24);1H. The molecule has 2 aromatic heterocycles. The normalized spacial score (nSPS) is 11.0. The number of hydrogen-bond donors (Lipinski definition) is 1. The van der Waals surface area contributed by atoms with Crippen LogP contribution in [-0.4, -0.2) is 39.2 Å². The van der Waals surface area contributed by atoms with Crippen molar-refractivity contribution >= 4 is 29.9 Å². The fourth-order valence-corrected chi connectivity index (χ4v) is 2.82. The van der Waals surface area contributed by atoms with Crippen LogP contribution in [-0.2, 0) is 13.1 Å². The molecule has 0 saturated heterocycles. The molecule has 0 fully saturated rings. The van der Waals surface area contributed by atoms with Gasteiger partial charge < -0.3 is 10.2 Å². The highest BCUT2D eigenvalue weighted by Gasteiger charge is 2.09. The first kappa shape index (κ1) is 21.9. The van der Waals surface area contributed by atoms with Crippen LogP contribution in [0.25, 0.3) is 5.69 Å². The van der Waals surface area contributed by atoms with E-state index in [9.17, 15) is 0 Å². The van der Waals surface area contributed by atoms with Crippen molar-refractivity contribution in [1.82, 2.24) is 25.0 Å². The number of pyridine rings is 1. The Morgan fingerprint density at radius 3 is 2.68 bits per heavy atom. The quantitative estimate of drug-likeness (QED) is 0.325. The molecule has 0 spiro atoms. The number of nitrogens with one attached hydrogen (secondary N) is 1. The third-order valence-corrected chi connectivity index (χ3v) is 4.27. The van der Waals surface area contributed by atoms with Crippen LogP contribution in [0.2, 0.25) is 0 Å². The van der Waals surface area contributed by atoms with Crippen LogP contribution in [0.4, 0.5) is 0 Å². The van der Waals surface area contributed by atoms with Crippen molar-refractivity contribution in [2.24, 2.45) is 4.99 Å². The third kappa shape index (κ3) is 5.79. The van der Waals surface area contributed by atoms with E-state index in [0.717, 1.165) is 41.6 Å². The minimum atomic E-state index is 0. The van der Waals surface area contributed by atoms with Crippen molar-refractivity contribution < 1.29 is 0 Å². The summed E-state index contributed by atoms with van der Waals surface area (Å²) in [6.07, 6.45) is 5.76. The van der Waals surface area contributed by atoms with E-state index in [4.69, 9.17) is 4.99 Å². The monoisotopic (exact) mass is 490 g/mol. The molecular formula is C21H27IN6. The van der Waals surface area contributed by atoms with Gasteiger partial charge in [-0.15, -0.1) is 24.0 Å². The first-order valence-electron chi connectivity index (χ1n) is 9.16. The van der Waals surface area contributed by atoms with Crippen LogP contribution < -0.4 is 5.32 Å². The lowest BCUT2D eigenvalue weighted by Gasteiger charge is -2.21. The maximum Gasteiger partial charge on any atom is 0.194 e. The van der Waals surface area contributed by atoms with Crippen LogP contribution >= 0.6 is 24.0 Å². The molecule has 2 heterocycles. The highest BCUT2D eigenvalue weighted by Crippen LogP contribution is 2.10. The van der Waals surface area contributed by atoms with Crippen LogP contribution in [0.3, 0.4) is 0 Å². The number of rotatable bonds is 6. The van der Waals surface area contributed by atoms with Gasteiger partial charge in [0.2, 0.25) is 0 Å². The number of aryl methyl sites for hydroxylation is 1. The van der Waals surface area contributed by atoms with Gasteiger partial charge in [-0.3, -0.25) is 4.98 Å². The highest BCUT2D eigenvalue weighted by atomic mass is 127. The van der Waals surface area contributed by atoms with Gasteiger partial charge in [0, 0.05) is 38.1 Å². The second kappa shape index (κ2) is 10.8. The molecule has 7 heteroatoms. The average molecular weight is 490 g/mol. The second-order valence-corrected chi connectivity index (χ2v) is 6.42. The number of halogens is 1. The Kier molecular flexibility index (Phi) is 8.43. The van der Waals surface area contributed by atoms with Gasteiger partial charge in [-0.05, 0) is 37.6 Å². The summed E-state index contributed by atoms with van der Waals surface area (Å²) in [5, 5.41) is 7.82. The van der Waals surface area contributed by atoms with E-state index in [1.54, 1.807) is 0 Å². The molecule has 0 amide bonds. The number of aliphatic imine (C=N–C) groups is 1. The SMILES string of the molecule is CCNC(=NCc1ncccc1C)N(C)Cc1cnn(-c2ccccc2)c1.I. The van der Waals surface area contributed by atoms with Gasteiger partial charge in [-0.2, -0.15) is 5.10 Å². The zero-order chi connectivity index (χ0) is 19.1. The fraction of sp³-hybridized carbons (Fsp3) is 0.286. The van der Waals surface area contributed by atoms with Gasteiger partial charge >= 0.3 is 0 Å². The molecule has 0 radical (unpaired) electrons. The summed E-state index contributed by atoms with van der Waals surface area (Å²) < 4.78 is 1.89. The lowest BCUT2D eigenvalue weighted by molar-refractivity contribution is 0.476. The fourth-order valence-electron chi connectivity index (χ4n) is 2.82. The van der Waals surface area contributed by atoms with Gasteiger partial charge in [-0.1, -0.05) is 24.3 Å². The summed E-state index contributed by atoms with van der Waals surface area (Å²) in [6.45, 7) is 6.23. The Morgan fingerprint density at radius 1 is 1.18 bits per heavy atom. The Bertz CT molecular complexity index is 891. The van der Waals surface area contributed by atoms with Gasteiger partial charge in [0.15, 0.2) is 5.96 Å². The van der Waals surface area contributed by atoms with E-state index in [1.165, 1.54) is 0 Å². The molecule has 0 saturated carbocycles. The van der Waals surface area contributed by atoms with Crippen LogP contribution in [0.5, 0.6) is 0 Å². The number of guanidine groups is 1. The van der Waals surface area contributed by atoms with E-state index >= 15 is 0 Å². The summed E-state index contributed by atoms with van der Waals surface area (Å²) in [7, 11) is 2.03. The molecule has 0 atom stereocenters. The highest BCUT2D eigenvalue weighted by molar-refractivity contribution is 14.0. The third-order valence-electron chi connectivity index (χ3n) is 4.27. The molecule has 28 heavy (non-hydrogen) atoms. The minimum absolute atomic E-state index is 0. The number of benzene rings is 1. The molecule has 0 bridgehead atoms. The van der Waals surface area contributed by atoms with Crippen LogP contribution in [0, 0.1) is 6.92 Å². The number of para-hydroxylation sites is 1. The van der Waals surface area contributed by atoms with Crippen molar-refractivity contribution in [3.63, 3.8) is 0 Å². The molecule has 0 aliphatic heterocycles. The number of nitrogens with zero attached hydrogens (tertiary/aromatic N) is 5. The topological polar surface area (TPSA) is 58.3 Å². The first-order valence-corrected chi connectivity index (χ1v) is 9.16. The molecule has 1 N–H and O–H groups in total. The van der Waals surface area contributed by atoms with Gasteiger partial charge in [-0.25, -0.2) is 9.67 Å². The van der Waals surface area contributed by atoms with Crippen molar-refractivity contribution in [2.45, 2.75) is 26.9 Å². The Hall–Kier alpha value is -2.42. The second-order valence-electron chi connectivity index (χ2n) is 6.42. The van der Waals surface area contributed by atoms with E-state index < -0.39 is 0 Å². The van der Waals surface area contributed by atoms with Crippen molar-refractivity contribution in [1.29, 1.82) is 0 Å². The smallest absolute Gasteiger partial charge is 0.194 e. The number of aromatic nitrogens is 3. The van der Waals surface area contributed by atoms with Gasteiger partial charge in [0.05, 0.1) is 24.1 Å². The predicted molar refractivity (Wildman–Crippen MR) is 124 cm³/mol. The maximum absolute atomic E-state index is 4.75. The zero-order valence-electron chi connectivity index (χ0n) is 16.5. The van der Waals surface area contributed by atoms with E-state index in [0.29, 0.717) is 6.54 Å². The largest absolute Gasteiger partial charge is 0.357 e. The zero-order valence-corrected chi connectivity index (χ0v) is 18.9. The Morgan fingerprint density at radius 2 is 1.96 bits per heavy atom. The molecule has 1 aromatic carbocycles. The van der Waals surface area contributed by atoms with Crippen molar-refractivity contribution in [2.75, 3.05) is 13.6 Å². The summed E-state index contributed by atoms with van der Waals surface area (Å²) in [5.41, 5.74) is 4.33. The van der Waals surface area contributed by atoms with Crippen molar-refractivity contribution in [3.05, 3.63) is 77.9 Å². The molecule has 3 aromatic rings. The predicted octanol–water partition coefficient (Wildman–Crippen LogP) is 3.79. The minimum Gasteiger partial charge on any atom is -0.357 e. The summed E-state index contributed by atoms with van der Waals surface area (Å²) in [5.74, 6) is 0.856. The van der Waals surface area contributed by atoms with Gasteiger partial charge in [0.1, 0.15) is 0 Å². The lowest BCUT2D eigenvalue weighted by Crippen LogP contribution is -2.38. The van der Waals surface area contributed by atoms with Gasteiger partial charge in [0.25, 0.3) is 0 Å². The maximum atomic E-state index is 4.75. The lowest BCUT2D eigenvalue weighted by atomic mass is 10.2. The molecule has 148 valence electrons. The summed E-state index contributed by atoms with van der Waals surface area (Å²) in [4.78, 5) is 11.3. The molecule has 3 rings (SSSR count). The van der Waals surface area contributed by atoms with E-state index in [-0.39, 0.29) is 24.0 Å². The average Bonchev–Trinajstić information content (AvgIpc) is 3.15. The number of hydrogen-bond acceptors (Lipinski definition) is 3. The molecule has 0 unspecified atom stereocenters. The Labute approximate surface area is 183 Å². The van der Waals surface area contributed by atoms with Crippen LogP contribution in [0.1, 0.15) is 23.7 Å². The molecule has 0 aliphatic carbocycles. The molecule has 0 aliphatic rings. The van der Waals surface area contributed by atoms with Crippen molar-refractivity contribution in [3.8, 4) is 5.69 Å². The summed E-state index contributed by atoms with van der Waals surface area (Å²) in [6, 6.07) is 14.1. The molecular weight excluding hydrogens is 463 g/mol. The molecule has 6 nitrogen and oxygen atoms in total.